The van der Waals surface area contributed by atoms with Crippen LogP contribution in [0, 0.1) is 5.82 Å². The zero-order valence-corrected chi connectivity index (χ0v) is 7.99. The molecule has 0 aromatic heterocycles. The van der Waals surface area contributed by atoms with Gasteiger partial charge in [-0.05, 0) is 36.9 Å². The molecule has 0 aliphatic rings. The van der Waals surface area contributed by atoms with Crippen molar-refractivity contribution < 1.29 is 14.4 Å². The second-order valence-corrected chi connectivity index (χ2v) is 3.35. The fraction of sp³-hybridized carbons (Fsp3) is 0.400. The number of hydrogen-bond acceptors (Lipinski definition) is 2. The van der Waals surface area contributed by atoms with Crippen LogP contribution in [0.4, 0.5) is 4.39 Å². The summed E-state index contributed by atoms with van der Waals surface area (Å²) < 4.78 is 12.5. The summed E-state index contributed by atoms with van der Waals surface area (Å²) in [6.45, 7) is 0. The van der Waals surface area contributed by atoms with Crippen LogP contribution in [0.5, 0.6) is 0 Å². The van der Waals surface area contributed by atoms with Crippen molar-refractivity contribution in [2.45, 2.75) is 25.6 Å². The van der Waals surface area contributed by atoms with Crippen molar-refractivity contribution in [3.63, 3.8) is 0 Å². The summed E-state index contributed by atoms with van der Waals surface area (Å²) in [6.07, 6.45) is 2.92. The minimum Gasteiger partial charge on any atom is -0.427 e. The monoisotopic (exact) mass is 196 g/mol. The van der Waals surface area contributed by atoms with E-state index in [4.69, 9.17) is 10.0 Å². The lowest BCUT2D eigenvalue weighted by Crippen LogP contribution is -2.09. The van der Waals surface area contributed by atoms with Gasteiger partial charge in [-0.25, -0.2) is 4.39 Å². The average Bonchev–Trinajstić information content (AvgIpc) is 2.15. The lowest BCUT2D eigenvalue weighted by molar-refractivity contribution is 0.402. The number of halogens is 1. The van der Waals surface area contributed by atoms with E-state index in [9.17, 15) is 4.39 Å². The molecular weight excluding hydrogens is 182 g/mol. The molecule has 76 valence electrons. The Balaban J connectivity index is 2.21. The van der Waals surface area contributed by atoms with Gasteiger partial charge >= 0.3 is 7.12 Å². The molecular formula is C10H14BFO2. The molecule has 4 heteroatoms. The largest absolute Gasteiger partial charge is 0.451 e. The Labute approximate surface area is 83.5 Å². The Bertz CT molecular complexity index is 261. The lowest BCUT2D eigenvalue weighted by Gasteiger charge is -2.01. The van der Waals surface area contributed by atoms with Crippen LogP contribution in [-0.4, -0.2) is 17.2 Å². The van der Waals surface area contributed by atoms with Gasteiger partial charge < -0.3 is 10.0 Å². The van der Waals surface area contributed by atoms with Crippen LogP contribution in [0.15, 0.2) is 24.3 Å². The molecule has 2 N–H and O–H groups in total. The van der Waals surface area contributed by atoms with Gasteiger partial charge in [0, 0.05) is 0 Å². The van der Waals surface area contributed by atoms with Crippen molar-refractivity contribution in [3.05, 3.63) is 35.6 Å². The smallest absolute Gasteiger partial charge is 0.427 e. The molecule has 0 aliphatic carbocycles. The zero-order valence-electron chi connectivity index (χ0n) is 7.99. The minimum absolute atomic E-state index is 0.223. The van der Waals surface area contributed by atoms with Crippen molar-refractivity contribution in [3.8, 4) is 0 Å². The third-order valence-electron chi connectivity index (χ3n) is 2.09. The Morgan fingerprint density at radius 1 is 1.07 bits per heavy atom. The van der Waals surface area contributed by atoms with Crippen LogP contribution in [0.3, 0.4) is 0 Å². The van der Waals surface area contributed by atoms with E-state index in [1.807, 2.05) is 0 Å². The third-order valence-corrected chi connectivity index (χ3v) is 2.09. The van der Waals surface area contributed by atoms with Crippen LogP contribution in [0.1, 0.15) is 18.4 Å². The van der Waals surface area contributed by atoms with Gasteiger partial charge in [0.1, 0.15) is 5.82 Å². The van der Waals surface area contributed by atoms with Crippen molar-refractivity contribution in [1.82, 2.24) is 0 Å². The molecule has 0 bridgehead atoms. The fourth-order valence-corrected chi connectivity index (χ4v) is 1.31. The number of aryl methyl sites for hydroxylation is 1. The van der Waals surface area contributed by atoms with E-state index in [2.05, 4.69) is 0 Å². The van der Waals surface area contributed by atoms with Gasteiger partial charge in [-0.15, -0.1) is 0 Å². The Morgan fingerprint density at radius 2 is 1.71 bits per heavy atom. The Kier molecular flexibility index (Phi) is 4.63. The quantitative estimate of drug-likeness (QED) is 0.554. The fourth-order valence-electron chi connectivity index (χ4n) is 1.31. The Hall–Kier alpha value is -0.865. The second kappa shape index (κ2) is 5.78. The Morgan fingerprint density at radius 3 is 2.29 bits per heavy atom. The highest BCUT2D eigenvalue weighted by atomic mass is 19.1. The van der Waals surface area contributed by atoms with Crippen LogP contribution in [0.2, 0.25) is 6.32 Å². The maximum atomic E-state index is 12.5. The van der Waals surface area contributed by atoms with Crippen LogP contribution < -0.4 is 0 Å². The highest BCUT2D eigenvalue weighted by Crippen LogP contribution is 2.08. The van der Waals surface area contributed by atoms with Crippen molar-refractivity contribution in [2.75, 3.05) is 0 Å². The van der Waals surface area contributed by atoms with E-state index in [1.54, 1.807) is 12.1 Å². The highest BCUT2D eigenvalue weighted by molar-refractivity contribution is 6.40. The molecule has 1 aromatic rings. The summed E-state index contributed by atoms with van der Waals surface area (Å²) >= 11 is 0. The van der Waals surface area contributed by atoms with Crippen LogP contribution in [0.25, 0.3) is 0 Å². The summed E-state index contributed by atoms with van der Waals surface area (Å²) in [7, 11) is -1.21. The zero-order chi connectivity index (χ0) is 10.4. The van der Waals surface area contributed by atoms with Crippen molar-refractivity contribution in [2.24, 2.45) is 0 Å². The molecule has 2 nitrogen and oxygen atoms in total. The number of benzene rings is 1. The minimum atomic E-state index is -1.21. The lowest BCUT2D eigenvalue weighted by atomic mass is 9.83. The average molecular weight is 196 g/mol. The molecule has 0 heterocycles. The summed E-state index contributed by atoms with van der Waals surface area (Å²) in [5, 5.41) is 17.2. The molecule has 0 radical (unpaired) electrons. The van der Waals surface area contributed by atoms with Crippen LogP contribution in [-0.2, 0) is 6.42 Å². The van der Waals surface area contributed by atoms with Crippen LogP contribution >= 0.6 is 0 Å². The molecule has 0 saturated heterocycles. The number of rotatable bonds is 5. The predicted octanol–water partition coefficient (Wildman–Crippen LogP) is 1.62. The molecule has 0 atom stereocenters. The van der Waals surface area contributed by atoms with E-state index < -0.39 is 7.12 Å². The highest BCUT2D eigenvalue weighted by Gasteiger charge is 2.04. The first-order valence-electron chi connectivity index (χ1n) is 4.79. The predicted molar refractivity (Wildman–Crippen MR) is 54.3 cm³/mol. The second-order valence-electron chi connectivity index (χ2n) is 3.35. The van der Waals surface area contributed by atoms with Crippen molar-refractivity contribution >= 4 is 7.12 Å². The standard InChI is InChI=1S/C10H14BFO2/c12-10-6-4-9(5-7-10)3-1-2-8-11(13)14/h4-7,13-14H,1-3,8H2. The van der Waals surface area contributed by atoms with E-state index in [1.165, 1.54) is 12.1 Å². The van der Waals surface area contributed by atoms with Gasteiger partial charge in [0.05, 0.1) is 0 Å². The molecule has 0 spiro atoms. The molecule has 0 fully saturated rings. The molecule has 0 aliphatic heterocycles. The molecule has 1 aromatic carbocycles. The van der Waals surface area contributed by atoms with Gasteiger partial charge in [0.25, 0.3) is 0 Å². The summed E-state index contributed by atoms with van der Waals surface area (Å²) in [6, 6.07) is 6.39. The summed E-state index contributed by atoms with van der Waals surface area (Å²) in [5.41, 5.74) is 1.08. The van der Waals surface area contributed by atoms with Gasteiger partial charge in [-0.3, -0.25) is 0 Å². The van der Waals surface area contributed by atoms with E-state index in [-0.39, 0.29) is 5.82 Å². The summed E-state index contributed by atoms with van der Waals surface area (Å²) in [4.78, 5) is 0. The van der Waals surface area contributed by atoms with Gasteiger partial charge in [-0.2, -0.15) is 0 Å². The third kappa shape index (κ3) is 4.39. The maximum absolute atomic E-state index is 12.5. The normalized spacial score (nSPS) is 10.2. The summed E-state index contributed by atoms with van der Waals surface area (Å²) in [5.74, 6) is -0.223. The molecule has 0 unspecified atom stereocenters. The molecule has 0 saturated carbocycles. The van der Waals surface area contributed by atoms with Gasteiger partial charge in [0.2, 0.25) is 0 Å². The maximum Gasteiger partial charge on any atom is 0.451 e. The number of hydrogen-bond donors (Lipinski definition) is 2. The SMILES string of the molecule is OB(O)CCCCc1ccc(F)cc1. The topological polar surface area (TPSA) is 40.5 Å². The molecule has 0 amide bonds. The van der Waals surface area contributed by atoms with E-state index in [0.29, 0.717) is 6.32 Å². The molecule has 14 heavy (non-hydrogen) atoms. The van der Waals surface area contributed by atoms with Gasteiger partial charge in [0.15, 0.2) is 0 Å². The van der Waals surface area contributed by atoms with Gasteiger partial charge in [-0.1, -0.05) is 18.6 Å². The van der Waals surface area contributed by atoms with Crippen molar-refractivity contribution in [1.29, 1.82) is 0 Å². The van der Waals surface area contributed by atoms with E-state index >= 15 is 0 Å². The van der Waals surface area contributed by atoms with E-state index in [0.717, 1.165) is 24.8 Å². The first-order valence-corrected chi connectivity index (χ1v) is 4.79. The molecule has 1 rings (SSSR count). The number of unbranched alkanes of at least 4 members (excludes halogenated alkanes) is 1. The first-order chi connectivity index (χ1) is 6.68. The first kappa shape index (κ1) is 11.2.